The summed E-state index contributed by atoms with van der Waals surface area (Å²) in [5.41, 5.74) is 1.80. The lowest BCUT2D eigenvalue weighted by atomic mass is 10.2. The van der Waals surface area contributed by atoms with E-state index in [2.05, 4.69) is 20.7 Å². The largest absolute Gasteiger partial charge is 0.493 e. The maximum absolute atomic E-state index is 12.5. The van der Waals surface area contributed by atoms with E-state index in [1.54, 1.807) is 35.0 Å². The van der Waals surface area contributed by atoms with Crippen LogP contribution in [0.5, 0.6) is 17.2 Å². The minimum Gasteiger partial charge on any atom is -0.493 e. The number of nitrogens with one attached hydrogen (secondary N) is 2. The van der Waals surface area contributed by atoms with E-state index in [1.165, 1.54) is 34.0 Å². The fourth-order valence-corrected chi connectivity index (χ4v) is 2.87. The molecule has 0 saturated carbocycles. The van der Waals surface area contributed by atoms with Gasteiger partial charge >= 0.3 is 0 Å². The molecule has 29 heavy (non-hydrogen) atoms. The molecule has 0 fully saturated rings. The molecule has 152 valence electrons. The van der Waals surface area contributed by atoms with Gasteiger partial charge in [-0.25, -0.2) is 9.67 Å². The SMILES string of the molecule is COc1cc(NCC(=O)Nc2cc(Cl)ccc2-n2cncn2)cc(OC)c1OC. The molecule has 3 rings (SSSR count). The molecule has 2 aromatic carbocycles. The Hall–Kier alpha value is -3.46. The molecule has 1 heterocycles. The lowest BCUT2D eigenvalue weighted by molar-refractivity contribution is -0.114. The Labute approximate surface area is 172 Å². The smallest absolute Gasteiger partial charge is 0.243 e. The number of amides is 1. The lowest BCUT2D eigenvalue weighted by Gasteiger charge is -2.15. The molecule has 1 aromatic heterocycles. The second-order valence-electron chi connectivity index (χ2n) is 5.82. The first-order chi connectivity index (χ1) is 14.0. The standard InChI is InChI=1S/C19H20ClN5O4/c1-27-16-7-13(8-17(28-2)19(16)29-3)22-9-18(26)24-14-6-12(20)4-5-15(14)25-11-21-10-23-25/h4-8,10-11,22H,9H2,1-3H3,(H,24,26). The van der Waals surface area contributed by atoms with Gasteiger partial charge in [-0.15, -0.1) is 0 Å². The first kappa shape index (κ1) is 20.3. The Morgan fingerprint density at radius 1 is 1.10 bits per heavy atom. The second kappa shape index (κ2) is 9.16. The molecule has 0 aliphatic carbocycles. The van der Waals surface area contributed by atoms with Crippen LogP contribution in [0.4, 0.5) is 11.4 Å². The van der Waals surface area contributed by atoms with Gasteiger partial charge in [0.15, 0.2) is 11.5 Å². The molecule has 2 N–H and O–H groups in total. The zero-order chi connectivity index (χ0) is 20.8. The molecule has 0 bridgehead atoms. The van der Waals surface area contributed by atoms with Gasteiger partial charge in [0.1, 0.15) is 12.7 Å². The van der Waals surface area contributed by atoms with Crippen molar-refractivity contribution in [3.05, 3.63) is 48.0 Å². The van der Waals surface area contributed by atoms with E-state index < -0.39 is 0 Å². The summed E-state index contributed by atoms with van der Waals surface area (Å²) in [6.07, 6.45) is 2.94. The third-order valence-electron chi connectivity index (χ3n) is 4.02. The average molecular weight is 418 g/mol. The summed E-state index contributed by atoms with van der Waals surface area (Å²) in [6, 6.07) is 8.54. The fourth-order valence-electron chi connectivity index (χ4n) is 2.70. The topological polar surface area (TPSA) is 99.5 Å². The monoisotopic (exact) mass is 417 g/mol. The van der Waals surface area contributed by atoms with Gasteiger partial charge in [-0.3, -0.25) is 4.79 Å². The number of hydrogen-bond donors (Lipinski definition) is 2. The number of hydrogen-bond acceptors (Lipinski definition) is 7. The Bertz CT molecular complexity index is 969. The number of carbonyl (C=O) groups excluding carboxylic acids is 1. The average Bonchev–Trinajstić information content (AvgIpc) is 3.26. The summed E-state index contributed by atoms with van der Waals surface area (Å²) < 4.78 is 17.5. The first-order valence-electron chi connectivity index (χ1n) is 8.54. The molecule has 3 aromatic rings. The van der Waals surface area contributed by atoms with Crippen molar-refractivity contribution in [3.8, 4) is 22.9 Å². The minimum atomic E-state index is -0.276. The lowest BCUT2D eigenvalue weighted by Crippen LogP contribution is -2.22. The first-order valence-corrected chi connectivity index (χ1v) is 8.91. The normalized spacial score (nSPS) is 10.3. The Kier molecular flexibility index (Phi) is 6.40. The van der Waals surface area contributed by atoms with Gasteiger partial charge in [0.05, 0.1) is 39.2 Å². The zero-order valence-corrected chi connectivity index (χ0v) is 16.9. The van der Waals surface area contributed by atoms with E-state index >= 15 is 0 Å². The van der Waals surface area contributed by atoms with Gasteiger partial charge in [-0.05, 0) is 18.2 Å². The zero-order valence-electron chi connectivity index (χ0n) is 16.1. The summed E-state index contributed by atoms with van der Waals surface area (Å²) >= 11 is 6.08. The molecule has 0 aliphatic heterocycles. The predicted octanol–water partition coefficient (Wildman–Crippen LogP) is 3.00. The van der Waals surface area contributed by atoms with Crippen LogP contribution >= 0.6 is 11.6 Å². The van der Waals surface area contributed by atoms with Crippen molar-refractivity contribution >= 4 is 28.9 Å². The van der Waals surface area contributed by atoms with E-state index in [1.807, 2.05) is 0 Å². The van der Waals surface area contributed by atoms with Crippen LogP contribution in [-0.4, -0.2) is 48.5 Å². The van der Waals surface area contributed by atoms with Gasteiger partial charge in [-0.2, -0.15) is 5.10 Å². The number of halogens is 1. The fraction of sp³-hybridized carbons (Fsp3) is 0.211. The van der Waals surface area contributed by atoms with Gasteiger partial charge < -0.3 is 24.8 Å². The Morgan fingerprint density at radius 2 is 1.83 bits per heavy atom. The molecule has 9 nitrogen and oxygen atoms in total. The number of benzene rings is 2. The molecule has 0 radical (unpaired) electrons. The van der Waals surface area contributed by atoms with Crippen LogP contribution in [0.2, 0.25) is 5.02 Å². The van der Waals surface area contributed by atoms with Crippen LogP contribution in [0.3, 0.4) is 0 Å². The van der Waals surface area contributed by atoms with Crippen molar-refractivity contribution in [1.82, 2.24) is 14.8 Å². The minimum absolute atomic E-state index is 0.00193. The van der Waals surface area contributed by atoms with E-state index in [-0.39, 0.29) is 12.5 Å². The highest BCUT2D eigenvalue weighted by Crippen LogP contribution is 2.39. The molecule has 0 unspecified atom stereocenters. The van der Waals surface area contributed by atoms with Crippen LogP contribution in [0.1, 0.15) is 0 Å². The van der Waals surface area contributed by atoms with E-state index in [0.717, 1.165) is 0 Å². The van der Waals surface area contributed by atoms with Crippen molar-refractivity contribution < 1.29 is 19.0 Å². The van der Waals surface area contributed by atoms with Crippen molar-refractivity contribution in [3.63, 3.8) is 0 Å². The van der Waals surface area contributed by atoms with Crippen molar-refractivity contribution in [2.45, 2.75) is 0 Å². The summed E-state index contributed by atoms with van der Waals surface area (Å²) in [7, 11) is 4.58. The van der Waals surface area contributed by atoms with Crippen LogP contribution in [0.15, 0.2) is 43.0 Å². The molecule has 0 saturated heterocycles. The Morgan fingerprint density at radius 3 is 2.41 bits per heavy atom. The van der Waals surface area contributed by atoms with E-state index in [0.29, 0.717) is 39.3 Å². The number of ether oxygens (including phenoxy) is 3. The van der Waals surface area contributed by atoms with E-state index in [9.17, 15) is 4.79 Å². The molecule has 0 atom stereocenters. The van der Waals surface area contributed by atoms with Crippen LogP contribution < -0.4 is 24.8 Å². The molecular weight excluding hydrogens is 398 g/mol. The molecule has 1 amide bonds. The molecule has 0 spiro atoms. The van der Waals surface area contributed by atoms with E-state index in [4.69, 9.17) is 25.8 Å². The van der Waals surface area contributed by atoms with Crippen molar-refractivity contribution in [2.75, 3.05) is 38.5 Å². The number of nitrogens with zero attached hydrogens (tertiary/aromatic N) is 3. The third kappa shape index (κ3) is 4.69. The molecule has 0 aliphatic rings. The van der Waals surface area contributed by atoms with Crippen LogP contribution in [-0.2, 0) is 4.79 Å². The third-order valence-corrected chi connectivity index (χ3v) is 4.25. The summed E-state index contributed by atoms with van der Waals surface area (Å²) in [5.74, 6) is 1.17. The van der Waals surface area contributed by atoms with Gasteiger partial charge in [0, 0.05) is 22.8 Å². The summed E-state index contributed by atoms with van der Waals surface area (Å²) in [4.78, 5) is 16.4. The Balaban J connectivity index is 1.74. The highest BCUT2D eigenvalue weighted by Gasteiger charge is 2.14. The number of carbonyl (C=O) groups is 1. The number of aromatic nitrogens is 3. The molecular formula is C19H20ClN5O4. The van der Waals surface area contributed by atoms with Crippen LogP contribution in [0, 0.1) is 0 Å². The summed E-state index contributed by atoms with van der Waals surface area (Å²) in [5, 5.41) is 10.4. The molecule has 10 heteroatoms. The van der Waals surface area contributed by atoms with Gasteiger partial charge in [0.25, 0.3) is 0 Å². The second-order valence-corrected chi connectivity index (χ2v) is 6.25. The number of anilines is 2. The number of methoxy groups -OCH3 is 3. The van der Waals surface area contributed by atoms with Crippen molar-refractivity contribution in [1.29, 1.82) is 0 Å². The number of rotatable bonds is 8. The summed E-state index contributed by atoms with van der Waals surface area (Å²) in [6.45, 7) is 0.00193. The van der Waals surface area contributed by atoms with Gasteiger partial charge in [0.2, 0.25) is 11.7 Å². The highest BCUT2D eigenvalue weighted by atomic mass is 35.5. The van der Waals surface area contributed by atoms with Gasteiger partial charge in [-0.1, -0.05) is 11.6 Å². The predicted molar refractivity (Wildman–Crippen MR) is 110 cm³/mol. The van der Waals surface area contributed by atoms with Crippen molar-refractivity contribution in [2.24, 2.45) is 0 Å². The van der Waals surface area contributed by atoms with Crippen LogP contribution in [0.25, 0.3) is 5.69 Å². The maximum Gasteiger partial charge on any atom is 0.243 e. The highest BCUT2D eigenvalue weighted by molar-refractivity contribution is 6.31. The quantitative estimate of drug-likeness (QED) is 0.581. The maximum atomic E-state index is 12.5.